The highest BCUT2D eigenvalue weighted by atomic mass is 35.5. The molecule has 1 heterocycles. The summed E-state index contributed by atoms with van der Waals surface area (Å²) in [7, 11) is 0. The first-order valence-corrected chi connectivity index (χ1v) is 7.04. The quantitative estimate of drug-likeness (QED) is 0.632. The van der Waals surface area contributed by atoms with Crippen LogP contribution < -0.4 is 0 Å². The average molecular weight is 292 g/mol. The molecule has 1 fully saturated rings. The lowest BCUT2D eigenvalue weighted by molar-refractivity contribution is -0.384. The van der Waals surface area contributed by atoms with Gasteiger partial charge in [0.25, 0.3) is 5.69 Å². The first kappa shape index (κ1) is 13.1. The number of nitrogens with zero attached hydrogens (tertiary/aromatic N) is 3. The van der Waals surface area contributed by atoms with Crippen molar-refractivity contribution >= 4 is 17.3 Å². The van der Waals surface area contributed by atoms with Crippen LogP contribution in [0.5, 0.6) is 0 Å². The summed E-state index contributed by atoms with van der Waals surface area (Å²) in [6, 6.07) is 8.33. The molecule has 1 aromatic heterocycles. The fourth-order valence-electron chi connectivity index (χ4n) is 2.76. The predicted molar refractivity (Wildman–Crippen MR) is 76.4 cm³/mol. The Morgan fingerprint density at radius 3 is 2.70 bits per heavy atom. The Morgan fingerprint density at radius 2 is 2.00 bits per heavy atom. The molecule has 1 aromatic carbocycles. The van der Waals surface area contributed by atoms with Crippen LogP contribution in [0, 0.1) is 10.1 Å². The molecule has 6 heteroatoms. The SMILES string of the molecule is O=[N+]([O-])c1ccccc1-n1nc(C2CCCC2)cc1Cl. The van der Waals surface area contributed by atoms with Gasteiger partial charge in [0, 0.05) is 12.0 Å². The second-order valence-electron chi connectivity index (χ2n) is 5.03. The van der Waals surface area contributed by atoms with Crippen molar-refractivity contribution in [2.24, 2.45) is 0 Å². The summed E-state index contributed by atoms with van der Waals surface area (Å²) >= 11 is 6.21. The molecular weight excluding hydrogens is 278 g/mol. The zero-order valence-corrected chi connectivity index (χ0v) is 11.6. The molecule has 0 aliphatic heterocycles. The van der Waals surface area contributed by atoms with E-state index in [0.717, 1.165) is 18.5 Å². The fraction of sp³-hybridized carbons (Fsp3) is 0.357. The van der Waals surface area contributed by atoms with Crippen molar-refractivity contribution in [3.63, 3.8) is 0 Å². The van der Waals surface area contributed by atoms with Crippen LogP contribution in [-0.4, -0.2) is 14.7 Å². The first-order valence-electron chi connectivity index (χ1n) is 6.66. The second kappa shape index (κ2) is 5.25. The van der Waals surface area contributed by atoms with Crippen molar-refractivity contribution in [3.05, 3.63) is 51.3 Å². The van der Waals surface area contributed by atoms with E-state index in [-0.39, 0.29) is 5.69 Å². The molecule has 1 aliphatic rings. The normalized spacial score (nSPS) is 15.7. The molecule has 0 amide bonds. The van der Waals surface area contributed by atoms with Gasteiger partial charge in [0.15, 0.2) is 0 Å². The number of hydrogen-bond donors (Lipinski definition) is 0. The maximum atomic E-state index is 11.1. The highest BCUT2D eigenvalue weighted by Gasteiger charge is 2.23. The highest BCUT2D eigenvalue weighted by Crippen LogP contribution is 2.35. The summed E-state index contributed by atoms with van der Waals surface area (Å²) in [6.07, 6.45) is 4.65. The van der Waals surface area contributed by atoms with Gasteiger partial charge in [0.2, 0.25) is 0 Å². The lowest BCUT2D eigenvalue weighted by Crippen LogP contribution is -2.03. The first-order chi connectivity index (χ1) is 9.66. The van der Waals surface area contributed by atoms with Gasteiger partial charge in [-0.25, -0.2) is 4.68 Å². The van der Waals surface area contributed by atoms with Crippen molar-refractivity contribution in [1.82, 2.24) is 9.78 Å². The number of para-hydroxylation sites is 2. The number of benzene rings is 1. The van der Waals surface area contributed by atoms with Gasteiger partial charge >= 0.3 is 0 Å². The number of hydrogen-bond acceptors (Lipinski definition) is 3. The van der Waals surface area contributed by atoms with Crippen molar-refractivity contribution in [2.75, 3.05) is 0 Å². The van der Waals surface area contributed by atoms with Gasteiger partial charge < -0.3 is 0 Å². The summed E-state index contributed by atoms with van der Waals surface area (Å²) in [5.41, 5.74) is 1.35. The van der Waals surface area contributed by atoms with Gasteiger partial charge in [-0.2, -0.15) is 5.10 Å². The summed E-state index contributed by atoms with van der Waals surface area (Å²) < 4.78 is 1.47. The van der Waals surface area contributed by atoms with Crippen LogP contribution in [0.3, 0.4) is 0 Å². The third-order valence-corrected chi connectivity index (χ3v) is 4.03. The lowest BCUT2D eigenvalue weighted by Gasteiger charge is -2.05. The van der Waals surface area contributed by atoms with Crippen LogP contribution in [0.25, 0.3) is 5.69 Å². The van der Waals surface area contributed by atoms with Gasteiger partial charge in [-0.15, -0.1) is 0 Å². The molecule has 2 aromatic rings. The third kappa shape index (κ3) is 2.29. The molecule has 104 valence electrons. The summed E-state index contributed by atoms with van der Waals surface area (Å²) in [6.45, 7) is 0. The van der Waals surface area contributed by atoms with Crippen LogP contribution in [0.15, 0.2) is 30.3 Å². The molecule has 3 rings (SSSR count). The molecule has 0 N–H and O–H groups in total. The van der Waals surface area contributed by atoms with E-state index in [1.54, 1.807) is 18.2 Å². The average Bonchev–Trinajstić information content (AvgIpc) is 3.07. The van der Waals surface area contributed by atoms with E-state index in [1.807, 2.05) is 6.07 Å². The van der Waals surface area contributed by atoms with Crippen LogP contribution in [0.4, 0.5) is 5.69 Å². The molecule has 0 spiro atoms. The Hall–Kier alpha value is -1.88. The summed E-state index contributed by atoms with van der Waals surface area (Å²) in [5.74, 6) is 0.427. The smallest absolute Gasteiger partial charge is 0.258 e. The van der Waals surface area contributed by atoms with Crippen molar-refractivity contribution in [2.45, 2.75) is 31.6 Å². The summed E-state index contributed by atoms with van der Waals surface area (Å²) in [5, 5.41) is 16.0. The Morgan fingerprint density at radius 1 is 1.30 bits per heavy atom. The zero-order chi connectivity index (χ0) is 14.1. The van der Waals surface area contributed by atoms with Gasteiger partial charge in [0.1, 0.15) is 10.8 Å². The predicted octanol–water partition coefficient (Wildman–Crippen LogP) is 4.09. The number of rotatable bonds is 3. The molecule has 0 bridgehead atoms. The third-order valence-electron chi connectivity index (χ3n) is 3.76. The van der Waals surface area contributed by atoms with Crippen molar-refractivity contribution in [1.29, 1.82) is 0 Å². The van der Waals surface area contributed by atoms with E-state index in [4.69, 9.17) is 11.6 Å². The number of aromatic nitrogens is 2. The van der Waals surface area contributed by atoms with E-state index >= 15 is 0 Å². The van der Waals surface area contributed by atoms with Gasteiger partial charge in [-0.05, 0) is 25.0 Å². The second-order valence-corrected chi connectivity index (χ2v) is 5.42. The number of nitro groups is 1. The Labute approximate surface area is 121 Å². The fourth-order valence-corrected chi connectivity index (χ4v) is 3.00. The lowest BCUT2D eigenvalue weighted by atomic mass is 10.1. The minimum Gasteiger partial charge on any atom is -0.258 e. The Bertz CT molecular complexity index is 648. The molecule has 0 atom stereocenters. The standard InChI is InChI=1S/C14H14ClN3O2/c15-14-9-11(10-5-1-2-6-10)16-17(14)12-7-3-4-8-13(12)18(19)20/h3-4,7-10H,1-2,5-6H2. The van der Waals surface area contributed by atoms with Gasteiger partial charge in [-0.1, -0.05) is 36.6 Å². The van der Waals surface area contributed by atoms with E-state index in [1.165, 1.54) is 23.6 Å². The molecular formula is C14H14ClN3O2. The van der Waals surface area contributed by atoms with E-state index in [9.17, 15) is 10.1 Å². The van der Waals surface area contributed by atoms with E-state index in [2.05, 4.69) is 5.10 Å². The molecule has 20 heavy (non-hydrogen) atoms. The largest absolute Gasteiger partial charge is 0.294 e. The van der Waals surface area contributed by atoms with Crippen LogP contribution in [0.2, 0.25) is 5.15 Å². The van der Waals surface area contributed by atoms with Crippen molar-refractivity contribution < 1.29 is 4.92 Å². The monoisotopic (exact) mass is 291 g/mol. The van der Waals surface area contributed by atoms with Crippen molar-refractivity contribution in [3.8, 4) is 5.69 Å². The van der Waals surface area contributed by atoms with Crippen LogP contribution in [-0.2, 0) is 0 Å². The Balaban J connectivity index is 2.04. The molecule has 0 saturated heterocycles. The van der Waals surface area contributed by atoms with Gasteiger partial charge in [-0.3, -0.25) is 10.1 Å². The Kier molecular flexibility index (Phi) is 3.44. The number of nitro benzene ring substituents is 1. The van der Waals surface area contributed by atoms with E-state index in [0.29, 0.717) is 16.8 Å². The minimum atomic E-state index is -0.414. The minimum absolute atomic E-state index is 0.00970. The van der Waals surface area contributed by atoms with Crippen LogP contribution in [0.1, 0.15) is 37.3 Å². The molecule has 0 radical (unpaired) electrons. The molecule has 0 unspecified atom stereocenters. The zero-order valence-electron chi connectivity index (χ0n) is 10.8. The van der Waals surface area contributed by atoms with Gasteiger partial charge in [0.05, 0.1) is 10.6 Å². The highest BCUT2D eigenvalue weighted by molar-refractivity contribution is 6.29. The topological polar surface area (TPSA) is 61.0 Å². The maximum Gasteiger partial charge on any atom is 0.294 e. The number of halogens is 1. The molecule has 1 saturated carbocycles. The molecule has 1 aliphatic carbocycles. The molecule has 5 nitrogen and oxygen atoms in total. The summed E-state index contributed by atoms with van der Waals surface area (Å²) in [4.78, 5) is 10.7. The maximum absolute atomic E-state index is 11.1. The van der Waals surface area contributed by atoms with E-state index < -0.39 is 4.92 Å². The van der Waals surface area contributed by atoms with Crippen LogP contribution >= 0.6 is 11.6 Å².